The molecule has 10 nitrogen and oxygen atoms in total. The van der Waals surface area contributed by atoms with E-state index in [9.17, 15) is 19.5 Å². The second kappa shape index (κ2) is 18.7. The summed E-state index contributed by atoms with van der Waals surface area (Å²) in [5.41, 5.74) is 6.07. The highest BCUT2D eigenvalue weighted by atomic mass is 35.5. The summed E-state index contributed by atoms with van der Waals surface area (Å²) in [6.07, 6.45) is 2.63. The molecule has 0 aliphatic carbocycles. The number of rotatable bonds is 16. The Kier molecular flexibility index (Phi) is 17.1. The first-order valence-electron chi connectivity index (χ1n) is 10.9. The van der Waals surface area contributed by atoms with Crippen molar-refractivity contribution >= 4 is 36.2 Å². The Morgan fingerprint density at radius 2 is 1.64 bits per heavy atom. The van der Waals surface area contributed by atoms with E-state index >= 15 is 0 Å². The molecular formula is C22H36ClN5O5. The van der Waals surface area contributed by atoms with Crippen molar-refractivity contribution in [3.63, 3.8) is 0 Å². The number of halogens is 1. The van der Waals surface area contributed by atoms with Crippen LogP contribution in [0.25, 0.3) is 0 Å². The Morgan fingerprint density at radius 1 is 0.939 bits per heavy atom. The number of nitrogens with two attached hydrogens (primary N) is 1. The molecule has 2 amide bonds. The standard InChI is InChI=1S/C22H35N5O5.ClH/c23-22(24)26-12-7-2-1-6-10-19(29)27-15-18(28)14-20(30)25-13-11-21(31)32-16-17-8-4-3-5-9-17;/h3-5,8-9,18,28H,1-2,6-7,10-16H2,(H,25,30)(H,27,29)(H4,23,24,26);1H/t18-;/m0./s1. The third-order valence-corrected chi connectivity index (χ3v) is 4.50. The summed E-state index contributed by atoms with van der Waals surface area (Å²) in [6.45, 7) is 0.940. The molecule has 0 aliphatic rings. The first-order valence-corrected chi connectivity index (χ1v) is 10.9. The van der Waals surface area contributed by atoms with Gasteiger partial charge in [0.05, 0.1) is 18.9 Å². The topological polar surface area (TPSA) is 167 Å². The van der Waals surface area contributed by atoms with Gasteiger partial charge in [-0.05, 0) is 18.4 Å². The van der Waals surface area contributed by atoms with Gasteiger partial charge in [0.2, 0.25) is 11.8 Å². The number of amides is 2. The van der Waals surface area contributed by atoms with Gasteiger partial charge < -0.3 is 31.5 Å². The van der Waals surface area contributed by atoms with Crippen molar-refractivity contribution in [2.24, 2.45) is 5.73 Å². The van der Waals surface area contributed by atoms with Crippen LogP contribution in [0.4, 0.5) is 0 Å². The lowest BCUT2D eigenvalue weighted by molar-refractivity contribution is -0.144. The van der Waals surface area contributed by atoms with Crippen molar-refractivity contribution in [1.82, 2.24) is 16.0 Å². The summed E-state index contributed by atoms with van der Waals surface area (Å²) >= 11 is 0. The maximum Gasteiger partial charge on any atom is 0.307 e. The van der Waals surface area contributed by atoms with Crippen molar-refractivity contribution in [3.05, 3.63) is 35.9 Å². The van der Waals surface area contributed by atoms with Crippen LogP contribution in [-0.4, -0.2) is 54.6 Å². The lowest BCUT2D eigenvalue weighted by Crippen LogP contribution is -2.36. The maximum absolute atomic E-state index is 11.8. The number of aliphatic hydroxyl groups is 1. The van der Waals surface area contributed by atoms with E-state index in [2.05, 4.69) is 16.0 Å². The fourth-order valence-electron chi connectivity index (χ4n) is 2.78. The van der Waals surface area contributed by atoms with E-state index in [1.165, 1.54) is 0 Å². The van der Waals surface area contributed by atoms with Gasteiger partial charge in [-0.25, -0.2) is 0 Å². The molecule has 1 atom stereocenters. The van der Waals surface area contributed by atoms with Gasteiger partial charge in [0.25, 0.3) is 0 Å². The van der Waals surface area contributed by atoms with Gasteiger partial charge in [-0.1, -0.05) is 43.2 Å². The number of carbonyl (C=O) groups excluding carboxylic acids is 3. The molecule has 0 radical (unpaired) electrons. The van der Waals surface area contributed by atoms with Crippen molar-refractivity contribution in [1.29, 1.82) is 5.41 Å². The molecule has 33 heavy (non-hydrogen) atoms. The molecule has 0 heterocycles. The predicted molar refractivity (Wildman–Crippen MR) is 128 cm³/mol. The third-order valence-electron chi connectivity index (χ3n) is 4.50. The quantitative estimate of drug-likeness (QED) is 0.0877. The summed E-state index contributed by atoms with van der Waals surface area (Å²) in [6, 6.07) is 9.30. The van der Waals surface area contributed by atoms with E-state index < -0.39 is 18.0 Å². The lowest BCUT2D eigenvalue weighted by Gasteiger charge is -2.12. The summed E-state index contributed by atoms with van der Waals surface area (Å²) in [5.74, 6) is -1.04. The molecule has 11 heteroatoms. The molecule has 1 rings (SSSR count). The van der Waals surface area contributed by atoms with Crippen LogP contribution in [0.5, 0.6) is 0 Å². The number of ether oxygens (including phenoxy) is 1. The third kappa shape index (κ3) is 17.4. The van der Waals surface area contributed by atoms with Crippen LogP contribution in [0.3, 0.4) is 0 Å². The largest absolute Gasteiger partial charge is 0.461 e. The minimum Gasteiger partial charge on any atom is -0.461 e. The van der Waals surface area contributed by atoms with Gasteiger partial charge in [0, 0.05) is 26.1 Å². The average Bonchev–Trinajstić information content (AvgIpc) is 2.76. The molecule has 1 aromatic carbocycles. The second-order valence-electron chi connectivity index (χ2n) is 7.41. The number of unbranched alkanes of at least 4 members (excludes halogenated alkanes) is 3. The zero-order valence-corrected chi connectivity index (χ0v) is 19.6. The molecule has 0 aromatic heterocycles. The number of nitrogens with one attached hydrogen (secondary N) is 4. The molecule has 186 valence electrons. The Morgan fingerprint density at radius 3 is 2.33 bits per heavy atom. The van der Waals surface area contributed by atoms with Crippen LogP contribution < -0.4 is 21.7 Å². The van der Waals surface area contributed by atoms with E-state index in [0.717, 1.165) is 31.2 Å². The Balaban J connectivity index is 0.0000102. The van der Waals surface area contributed by atoms with Crippen molar-refractivity contribution in [3.8, 4) is 0 Å². The maximum atomic E-state index is 11.8. The van der Waals surface area contributed by atoms with Crippen LogP contribution >= 0.6 is 12.4 Å². The molecular weight excluding hydrogens is 450 g/mol. The monoisotopic (exact) mass is 485 g/mol. The minimum absolute atomic E-state index is 0. The number of esters is 1. The Labute approximate surface area is 200 Å². The fourth-order valence-corrected chi connectivity index (χ4v) is 2.78. The normalized spacial score (nSPS) is 10.9. The Bertz CT molecular complexity index is 720. The highest BCUT2D eigenvalue weighted by Crippen LogP contribution is 2.03. The fraction of sp³-hybridized carbons (Fsp3) is 0.545. The number of guanidine groups is 1. The molecule has 0 saturated heterocycles. The summed E-state index contributed by atoms with van der Waals surface area (Å²) in [4.78, 5) is 35.3. The molecule has 0 fully saturated rings. The van der Waals surface area contributed by atoms with E-state index in [0.29, 0.717) is 13.0 Å². The van der Waals surface area contributed by atoms with Crippen LogP contribution in [0.15, 0.2) is 30.3 Å². The van der Waals surface area contributed by atoms with Crippen LogP contribution in [0.2, 0.25) is 0 Å². The number of benzene rings is 1. The zero-order valence-electron chi connectivity index (χ0n) is 18.8. The summed E-state index contributed by atoms with van der Waals surface area (Å²) < 4.78 is 5.12. The van der Waals surface area contributed by atoms with Crippen LogP contribution in [-0.2, 0) is 25.7 Å². The van der Waals surface area contributed by atoms with Gasteiger partial charge in [-0.2, -0.15) is 0 Å². The van der Waals surface area contributed by atoms with Crippen molar-refractivity contribution < 1.29 is 24.2 Å². The molecule has 0 unspecified atom stereocenters. The molecule has 0 saturated carbocycles. The summed E-state index contributed by atoms with van der Waals surface area (Å²) in [5, 5.41) is 24.8. The van der Waals surface area contributed by atoms with E-state index in [1.54, 1.807) is 0 Å². The smallest absolute Gasteiger partial charge is 0.307 e. The number of aliphatic hydroxyl groups excluding tert-OH is 1. The minimum atomic E-state index is -0.998. The molecule has 0 bridgehead atoms. The predicted octanol–water partition coefficient (Wildman–Crippen LogP) is 0.959. The molecule has 0 spiro atoms. The van der Waals surface area contributed by atoms with Gasteiger partial charge in [0.1, 0.15) is 6.61 Å². The van der Waals surface area contributed by atoms with E-state index in [1.807, 2.05) is 30.3 Å². The highest BCUT2D eigenvalue weighted by Gasteiger charge is 2.13. The van der Waals surface area contributed by atoms with Crippen molar-refractivity contribution in [2.45, 2.75) is 57.7 Å². The van der Waals surface area contributed by atoms with Crippen LogP contribution in [0.1, 0.15) is 50.5 Å². The SMILES string of the molecule is Cl.N=C(N)NCCCCCCC(=O)NC[C@@H](O)CC(=O)NCCC(=O)OCc1ccccc1. The van der Waals surface area contributed by atoms with E-state index in [4.69, 9.17) is 15.9 Å². The van der Waals surface area contributed by atoms with Crippen LogP contribution in [0, 0.1) is 5.41 Å². The number of hydrogen-bond acceptors (Lipinski definition) is 6. The van der Waals surface area contributed by atoms with Crippen molar-refractivity contribution in [2.75, 3.05) is 19.6 Å². The summed E-state index contributed by atoms with van der Waals surface area (Å²) in [7, 11) is 0. The van der Waals surface area contributed by atoms with Gasteiger partial charge in [0.15, 0.2) is 5.96 Å². The number of carbonyl (C=O) groups is 3. The molecule has 7 N–H and O–H groups in total. The molecule has 0 aliphatic heterocycles. The lowest BCUT2D eigenvalue weighted by atomic mass is 10.1. The van der Waals surface area contributed by atoms with Gasteiger partial charge >= 0.3 is 5.97 Å². The van der Waals surface area contributed by atoms with Gasteiger partial charge in [-0.15, -0.1) is 12.4 Å². The zero-order chi connectivity index (χ0) is 23.6. The second-order valence-corrected chi connectivity index (χ2v) is 7.41. The first kappa shape index (κ1) is 30.2. The highest BCUT2D eigenvalue weighted by molar-refractivity contribution is 5.85. The average molecular weight is 486 g/mol. The van der Waals surface area contributed by atoms with E-state index in [-0.39, 0.29) is 56.8 Å². The first-order chi connectivity index (χ1) is 15.4. The van der Waals surface area contributed by atoms with Gasteiger partial charge in [-0.3, -0.25) is 19.8 Å². The molecule has 1 aromatic rings. The Hall–Kier alpha value is -2.85. The number of hydrogen-bond donors (Lipinski definition) is 6.